The van der Waals surface area contributed by atoms with Crippen LogP contribution in [-0.4, -0.2) is 29.7 Å². The Morgan fingerprint density at radius 3 is 2.63 bits per heavy atom. The fourth-order valence-electron chi connectivity index (χ4n) is 3.63. The molecule has 0 aromatic heterocycles. The van der Waals surface area contributed by atoms with Gasteiger partial charge in [-0.05, 0) is 55.2 Å². The third-order valence-electron chi connectivity index (χ3n) is 5.04. The highest BCUT2D eigenvalue weighted by molar-refractivity contribution is 5.95. The van der Waals surface area contributed by atoms with Gasteiger partial charge >= 0.3 is 0 Å². The molecule has 0 bridgehead atoms. The normalized spacial score (nSPS) is 15.2. The summed E-state index contributed by atoms with van der Waals surface area (Å²) in [4.78, 5) is 25.9. The molecule has 0 fully saturated rings. The van der Waals surface area contributed by atoms with Gasteiger partial charge in [0, 0.05) is 30.3 Å². The monoisotopic (exact) mass is 360 g/mol. The van der Waals surface area contributed by atoms with Gasteiger partial charge in [0.15, 0.2) is 5.78 Å². The summed E-state index contributed by atoms with van der Waals surface area (Å²) in [6.07, 6.45) is 8.02. The molecule has 0 radical (unpaired) electrons. The molecule has 0 aliphatic heterocycles. The van der Waals surface area contributed by atoms with E-state index < -0.39 is 0 Å². The number of Topliss-reactive ketones (excluding diaryl/α,β-unsaturated/α-hetero) is 1. The SMILES string of the molecule is C#CCN(CCC(=O)Nc1ccc(C(C)=O)cc1)C1CCc2ccccc21. The first-order chi connectivity index (χ1) is 13.1. The molecule has 2 aromatic carbocycles. The molecule has 3 rings (SSSR count). The minimum Gasteiger partial charge on any atom is -0.326 e. The number of rotatable bonds is 7. The van der Waals surface area contributed by atoms with Crippen molar-refractivity contribution < 1.29 is 9.59 Å². The zero-order valence-corrected chi connectivity index (χ0v) is 15.6. The van der Waals surface area contributed by atoms with Gasteiger partial charge < -0.3 is 5.32 Å². The van der Waals surface area contributed by atoms with Gasteiger partial charge in [-0.15, -0.1) is 6.42 Å². The highest BCUT2D eigenvalue weighted by Gasteiger charge is 2.27. The van der Waals surface area contributed by atoms with Crippen LogP contribution in [0.3, 0.4) is 0 Å². The number of terminal acetylenes is 1. The predicted octanol–water partition coefficient (Wildman–Crippen LogP) is 3.84. The molecule has 4 nitrogen and oxygen atoms in total. The van der Waals surface area contributed by atoms with Crippen molar-refractivity contribution in [2.45, 2.75) is 32.2 Å². The Kier molecular flexibility index (Phi) is 6.05. The number of carbonyl (C=O) groups is 2. The van der Waals surface area contributed by atoms with E-state index in [1.807, 2.05) is 0 Å². The summed E-state index contributed by atoms with van der Waals surface area (Å²) in [7, 11) is 0. The van der Waals surface area contributed by atoms with Gasteiger partial charge in [0.25, 0.3) is 0 Å². The number of carbonyl (C=O) groups excluding carboxylic acids is 2. The Hall–Kier alpha value is -2.90. The third-order valence-corrected chi connectivity index (χ3v) is 5.04. The highest BCUT2D eigenvalue weighted by Crippen LogP contribution is 2.35. The zero-order valence-electron chi connectivity index (χ0n) is 15.6. The van der Waals surface area contributed by atoms with Gasteiger partial charge in [-0.3, -0.25) is 14.5 Å². The predicted molar refractivity (Wildman–Crippen MR) is 108 cm³/mol. The van der Waals surface area contributed by atoms with E-state index in [1.54, 1.807) is 24.3 Å². The summed E-state index contributed by atoms with van der Waals surface area (Å²) in [6, 6.07) is 15.7. The van der Waals surface area contributed by atoms with E-state index in [0.29, 0.717) is 30.8 Å². The van der Waals surface area contributed by atoms with E-state index in [-0.39, 0.29) is 17.7 Å². The second kappa shape index (κ2) is 8.66. The van der Waals surface area contributed by atoms with Crippen LogP contribution >= 0.6 is 0 Å². The molecule has 4 heteroatoms. The van der Waals surface area contributed by atoms with Gasteiger partial charge in [-0.2, -0.15) is 0 Å². The second-order valence-electron chi connectivity index (χ2n) is 6.86. The van der Waals surface area contributed by atoms with Crippen molar-refractivity contribution >= 4 is 17.4 Å². The molecule has 138 valence electrons. The number of ketones is 1. The number of amides is 1. The topological polar surface area (TPSA) is 49.4 Å². The maximum Gasteiger partial charge on any atom is 0.225 e. The standard InChI is InChI=1S/C23H24N2O2/c1-3-15-25(22-13-10-19-6-4-5-7-21(19)22)16-14-23(27)24-20-11-8-18(9-12-20)17(2)26/h1,4-9,11-12,22H,10,13-16H2,2H3,(H,24,27). The smallest absolute Gasteiger partial charge is 0.225 e. The molecule has 1 unspecified atom stereocenters. The van der Waals surface area contributed by atoms with Crippen LogP contribution in [0.15, 0.2) is 48.5 Å². The number of aryl methyl sites for hydroxylation is 1. The molecule has 0 saturated carbocycles. The number of benzene rings is 2. The van der Waals surface area contributed by atoms with Gasteiger partial charge in [0.2, 0.25) is 5.91 Å². The van der Waals surface area contributed by atoms with E-state index in [9.17, 15) is 9.59 Å². The lowest BCUT2D eigenvalue weighted by molar-refractivity contribution is -0.116. The minimum atomic E-state index is -0.0566. The van der Waals surface area contributed by atoms with E-state index in [2.05, 4.69) is 40.4 Å². The first-order valence-electron chi connectivity index (χ1n) is 9.24. The Labute approximate surface area is 160 Å². The molecule has 0 heterocycles. The quantitative estimate of drug-likeness (QED) is 0.603. The number of nitrogens with zero attached hydrogens (tertiary/aromatic N) is 1. The molecular weight excluding hydrogens is 336 g/mol. The molecular formula is C23H24N2O2. The van der Waals surface area contributed by atoms with Crippen molar-refractivity contribution in [1.82, 2.24) is 4.90 Å². The summed E-state index contributed by atoms with van der Waals surface area (Å²) in [5.74, 6) is 2.68. The second-order valence-corrected chi connectivity index (χ2v) is 6.86. The molecule has 1 N–H and O–H groups in total. The maximum atomic E-state index is 12.3. The third kappa shape index (κ3) is 4.64. The number of hydrogen-bond acceptors (Lipinski definition) is 3. The largest absolute Gasteiger partial charge is 0.326 e. The van der Waals surface area contributed by atoms with E-state index in [4.69, 9.17) is 6.42 Å². The Balaban J connectivity index is 1.59. The van der Waals surface area contributed by atoms with Crippen molar-refractivity contribution in [3.05, 3.63) is 65.2 Å². The van der Waals surface area contributed by atoms with Gasteiger partial charge in [0.1, 0.15) is 0 Å². The average Bonchev–Trinajstić information content (AvgIpc) is 3.09. The van der Waals surface area contributed by atoms with Crippen LogP contribution in [-0.2, 0) is 11.2 Å². The summed E-state index contributed by atoms with van der Waals surface area (Å²) in [5.41, 5.74) is 4.03. The van der Waals surface area contributed by atoms with Crippen LogP contribution in [0.25, 0.3) is 0 Å². The Bertz CT molecular complexity index is 865. The summed E-state index contributed by atoms with van der Waals surface area (Å²) in [6.45, 7) is 2.66. The highest BCUT2D eigenvalue weighted by atomic mass is 16.1. The van der Waals surface area contributed by atoms with Crippen LogP contribution in [0.1, 0.15) is 47.3 Å². The molecule has 27 heavy (non-hydrogen) atoms. The first kappa shape index (κ1) is 18.9. The zero-order chi connectivity index (χ0) is 19.2. The fraction of sp³-hybridized carbons (Fsp3) is 0.304. The lowest BCUT2D eigenvalue weighted by Gasteiger charge is -2.27. The van der Waals surface area contributed by atoms with Crippen molar-refractivity contribution in [3.8, 4) is 12.3 Å². The van der Waals surface area contributed by atoms with Crippen molar-refractivity contribution in [3.63, 3.8) is 0 Å². The summed E-state index contributed by atoms with van der Waals surface area (Å²) >= 11 is 0. The van der Waals surface area contributed by atoms with Gasteiger partial charge in [-0.1, -0.05) is 30.2 Å². The molecule has 0 spiro atoms. The number of hydrogen-bond donors (Lipinski definition) is 1. The fourth-order valence-corrected chi connectivity index (χ4v) is 3.63. The lowest BCUT2D eigenvalue weighted by atomic mass is 10.1. The van der Waals surface area contributed by atoms with Crippen LogP contribution in [0.5, 0.6) is 0 Å². The molecule has 1 amide bonds. The van der Waals surface area contributed by atoms with E-state index in [1.165, 1.54) is 18.1 Å². The number of nitrogens with one attached hydrogen (secondary N) is 1. The van der Waals surface area contributed by atoms with Crippen LogP contribution in [0.2, 0.25) is 0 Å². The summed E-state index contributed by atoms with van der Waals surface area (Å²) in [5, 5.41) is 2.89. The van der Waals surface area contributed by atoms with E-state index in [0.717, 1.165) is 12.8 Å². The maximum absolute atomic E-state index is 12.3. The van der Waals surface area contributed by atoms with Gasteiger partial charge in [0.05, 0.1) is 6.54 Å². The van der Waals surface area contributed by atoms with Crippen molar-refractivity contribution in [2.24, 2.45) is 0 Å². The number of fused-ring (bicyclic) bond motifs is 1. The Morgan fingerprint density at radius 1 is 1.19 bits per heavy atom. The average molecular weight is 360 g/mol. The first-order valence-corrected chi connectivity index (χ1v) is 9.24. The number of anilines is 1. The van der Waals surface area contributed by atoms with Crippen LogP contribution in [0, 0.1) is 12.3 Å². The van der Waals surface area contributed by atoms with Gasteiger partial charge in [-0.25, -0.2) is 0 Å². The minimum absolute atomic E-state index is 0.00893. The van der Waals surface area contributed by atoms with E-state index >= 15 is 0 Å². The summed E-state index contributed by atoms with van der Waals surface area (Å²) < 4.78 is 0. The molecule has 1 aliphatic carbocycles. The molecule has 1 atom stereocenters. The molecule has 0 saturated heterocycles. The van der Waals surface area contributed by atoms with Crippen molar-refractivity contribution in [1.29, 1.82) is 0 Å². The lowest BCUT2D eigenvalue weighted by Crippen LogP contribution is -2.31. The van der Waals surface area contributed by atoms with Crippen LogP contribution < -0.4 is 5.32 Å². The molecule has 1 aliphatic rings. The molecule has 2 aromatic rings. The van der Waals surface area contributed by atoms with Crippen LogP contribution in [0.4, 0.5) is 5.69 Å². The Morgan fingerprint density at radius 2 is 1.93 bits per heavy atom. The van der Waals surface area contributed by atoms with Crippen molar-refractivity contribution in [2.75, 3.05) is 18.4 Å².